The molecule has 0 spiro atoms. The van der Waals surface area contributed by atoms with Crippen LogP contribution in [0, 0.1) is 0 Å². The molecule has 0 bridgehead atoms. The van der Waals surface area contributed by atoms with E-state index in [4.69, 9.17) is 42.1 Å². The summed E-state index contributed by atoms with van der Waals surface area (Å²) in [4.78, 5) is 25.4. The van der Waals surface area contributed by atoms with Crippen LogP contribution in [0.1, 0.15) is 0 Å². The van der Waals surface area contributed by atoms with Crippen molar-refractivity contribution in [3.63, 3.8) is 0 Å². The van der Waals surface area contributed by atoms with E-state index in [0.717, 1.165) is 0 Å². The van der Waals surface area contributed by atoms with Crippen molar-refractivity contribution >= 4 is 23.7 Å². The number of rotatable bonds is 0. The van der Waals surface area contributed by atoms with E-state index in [1.54, 1.807) is 0 Å². The van der Waals surface area contributed by atoms with Gasteiger partial charge in [-0.05, 0) is 0 Å². The maximum Gasteiger partial charge on any atom is 3.00 e. The van der Waals surface area contributed by atoms with Crippen LogP contribution < -0.4 is 14.7 Å². The quantitative estimate of drug-likeness (QED) is 0.371. The molecule has 0 fully saturated rings. The first-order valence-corrected chi connectivity index (χ1v) is 4.93. The smallest absolute Gasteiger partial charge is 0.744 e. The molecule has 0 atom stereocenters. The van der Waals surface area contributed by atoms with E-state index < -0.39 is 23.7 Å². The van der Waals surface area contributed by atoms with Gasteiger partial charge < -0.3 is 14.7 Å². The summed E-state index contributed by atoms with van der Waals surface area (Å²) >= 11 is 0. The molecule has 0 aromatic heterocycles. The van der Waals surface area contributed by atoms with Crippen LogP contribution in [0.5, 0.6) is 0 Å². The molecule has 0 N–H and O–H groups in total. The van der Waals surface area contributed by atoms with Crippen LogP contribution >= 0.6 is 23.7 Å². The zero-order valence-electron chi connectivity index (χ0n) is 5.52. The number of hydrogen-bond donors (Lipinski definition) is 0. The summed E-state index contributed by atoms with van der Waals surface area (Å²) in [6.45, 7) is 0. The van der Waals surface area contributed by atoms with Gasteiger partial charge in [-0.2, -0.15) is 0 Å². The second-order valence-electron chi connectivity index (χ2n) is 0.671. The first-order valence-electron chi connectivity index (χ1n) is 1.64. The minimum absolute atomic E-state index is 0. The largest absolute Gasteiger partial charge is 3.00 e. The minimum atomic E-state index is -3.37. The molecule has 1 radical (unpaired) electrons. The van der Waals surface area contributed by atoms with E-state index >= 15 is 0 Å². The van der Waals surface area contributed by atoms with Crippen LogP contribution in [0.4, 0.5) is 0 Å². The summed E-state index contributed by atoms with van der Waals surface area (Å²) in [6.07, 6.45) is 0. The van der Waals surface area contributed by atoms with Crippen molar-refractivity contribution in [3.05, 3.63) is 0 Å². The van der Waals surface area contributed by atoms with Gasteiger partial charge in [0.25, 0.3) is 0 Å². The number of hydrogen-bond acceptors (Lipinski definition) is 9. The van der Waals surface area contributed by atoms with Gasteiger partial charge in [0.1, 0.15) is 0 Å². The van der Waals surface area contributed by atoms with E-state index in [1.807, 2.05) is 0 Å². The molecule has 9 nitrogen and oxygen atoms in total. The van der Waals surface area contributed by atoms with Gasteiger partial charge >= 0.3 is 21.7 Å². The van der Waals surface area contributed by atoms with Crippen molar-refractivity contribution in [2.45, 2.75) is 0 Å². The molecule has 0 saturated heterocycles. The zero-order chi connectivity index (χ0) is 10.7. The van der Waals surface area contributed by atoms with Crippen LogP contribution in [-0.2, 0) is 49.1 Å². The molecule has 73 valence electrons. The second kappa shape index (κ2) is 18.2. The van der Waals surface area contributed by atoms with Crippen LogP contribution in [0.3, 0.4) is 0 Å². The van der Waals surface area contributed by atoms with Crippen LogP contribution in [0.15, 0.2) is 0 Å². The van der Waals surface area contributed by atoms with Crippen LogP contribution in [0.2, 0.25) is 0 Å². The monoisotopic (exact) mass is 285 g/mol. The zero-order valence-corrected chi connectivity index (χ0v) is 9.76. The summed E-state index contributed by atoms with van der Waals surface area (Å²) in [5.41, 5.74) is 0. The van der Waals surface area contributed by atoms with Gasteiger partial charge in [-0.25, -0.2) is 0 Å². The molecule has 0 aliphatic heterocycles. The molecule has 0 saturated carbocycles. The van der Waals surface area contributed by atoms with Gasteiger partial charge in [0.15, 0.2) is 0 Å². The molecule has 0 amide bonds. The summed E-state index contributed by atoms with van der Waals surface area (Å²) in [5, 5.41) is 0. The predicted molar refractivity (Wildman–Crippen MR) is 24.9 cm³/mol. The van der Waals surface area contributed by atoms with E-state index in [-0.39, 0.29) is 21.7 Å². The fourth-order valence-electron chi connectivity index (χ4n) is 0. The van der Waals surface area contributed by atoms with Gasteiger partial charge in [0.05, 0.1) is 0 Å². The fraction of sp³-hybridized carbons (Fsp3) is 0. The summed E-state index contributed by atoms with van der Waals surface area (Å²) in [6, 6.07) is 0. The normalized spacial score (nSPS) is 5.77. The van der Waals surface area contributed by atoms with Crippen molar-refractivity contribution < 1.29 is 63.8 Å². The Morgan fingerprint density at radius 1 is 0.538 bits per heavy atom. The maximum absolute atomic E-state index is 8.48. The molecule has 0 aromatic carbocycles. The van der Waals surface area contributed by atoms with Gasteiger partial charge in [-0.1, -0.05) is 0 Å². The Bertz CT molecular complexity index is 208. The van der Waals surface area contributed by atoms with E-state index in [1.165, 1.54) is 0 Å². The predicted octanol–water partition coefficient (Wildman–Crippen LogP) is -1.70. The molecule has 0 aliphatic rings. The van der Waals surface area contributed by atoms with Crippen molar-refractivity contribution in [2.24, 2.45) is 0 Å². The first-order chi connectivity index (χ1) is 5.20. The minimum Gasteiger partial charge on any atom is -0.744 e. The average molecular weight is 285 g/mol. The van der Waals surface area contributed by atoms with Gasteiger partial charge in [0, 0.05) is 0 Å². The summed E-state index contributed by atoms with van der Waals surface area (Å²) in [5.74, 6) is 0. The van der Waals surface area contributed by atoms with Crippen molar-refractivity contribution in [1.29, 1.82) is 0 Å². The van der Waals surface area contributed by atoms with Gasteiger partial charge in [-0.15, -0.1) is 0 Å². The van der Waals surface area contributed by atoms with E-state index in [9.17, 15) is 0 Å². The molecule has 0 rings (SSSR count). The molecule has 0 unspecified atom stereocenters. The van der Waals surface area contributed by atoms with Crippen molar-refractivity contribution in [1.82, 2.24) is 0 Å². The molecular weight excluding hydrogens is 285 g/mol. The summed E-state index contributed by atoms with van der Waals surface area (Å²) < 4.78 is 50.9. The third kappa shape index (κ3) is 15000. The molecule has 13 heavy (non-hydrogen) atoms. The van der Waals surface area contributed by atoms with Crippen LogP contribution in [0.25, 0.3) is 0 Å². The maximum atomic E-state index is 8.48. The van der Waals surface area contributed by atoms with Crippen LogP contribution in [-0.4, -0.2) is 0 Å². The average Bonchev–Trinajstić information content (AvgIpc) is 1.54. The third-order valence-electron chi connectivity index (χ3n) is 0. The standard InChI is InChI=1S/3HO3P.Ti/c3*1-4(2)3;/h3*(H,1,2,3);/q;;;+3/p-3. The fourth-order valence-corrected chi connectivity index (χ4v) is 0. The van der Waals surface area contributed by atoms with Crippen molar-refractivity contribution in [3.8, 4) is 0 Å². The topological polar surface area (TPSA) is 172 Å². The van der Waals surface area contributed by atoms with E-state index in [2.05, 4.69) is 0 Å². The summed E-state index contributed by atoms with van der Waals surface area (Å²) in [7, 11) is -10.1. The Morgan fingerprint density at radius 2 is 0.538 bits per heavy atom. The molecule has 13 heteroatoms. The second-order valence-corrected chi connectivity index (χ2v) is 2.01. The van der Waals surface area contributed by atoms with Crippen molar-refractivity contribution in [2.75, 3.05) is 0 Å². The Balaban J connectivity index is -0.0000000450. The molecular formula is O9P3Ti. The Kier molecular flexibility index (Phi) is 32.5. The Hall–Kier alpha value is 0.294. The molecule has 0 aliphatic carbocycles. The molecule has 0 heterocycles. The third-order valence-corrected chi connectivity index (χ3v) is 0. The first kappa shape index (κ1) is 23.3. The van der Waals surface area contributed by atoms with Gasteiger partial charge in [-0.3, -0.25) is 27.4 Å². The Labute approximate surface area is 87.8 Å². The SMILES string of the molecule is O=P(=O)[O-].O=P(=O)[O-].O=P(=O)[O-].[Ti+3]. The molecule has 0 aromatic rings. The van der Waals surface area contributed by atoms with E-state index in [0.29, 0.717) is 0 Å². The van der Waals surface area contributed by atoms with Gasteiger partial charge in [0.2, 0.25) is 23.7 Å². The Morgan fingerprint density at radius 3 is 0.538 bits per heavy atom.